The van der Waals surface area contributed by atoms with Gasteiger partial charge in [-0.2, -0.15) is 10.4 Å². The Bertz CT molecular complexity index is 608. The van der Waals surface area contributed by atoms with Crippen molar-refractivity contribution in [3.63, 3.8) is 0 Å². The highest BCUT2D eigenvalue weighted by molar-refractivity contribution is 9.10. The highest BCUT2D eigenvalue weighted by atomic mass is 79.9. The molecule has 0 bridgehead atoms. The molecule has 2 atom stereocenters. The van der Waals surface area contributed by atoms with Gasteiger partial charge < -0.3 is 0 Å². The summed E-state index contributed by atoms with van der Waals surface area (Å²) in [6.07, 6.45) is 4.82. The van der Waals surface area contributed by atoms with Gasteiger partial charge in [0.1, 0.15) is 0 Å². The normalized spacial score (nSPS) is 23.3. The number of halogens is 1. The molecule has 0 N–H and O–H groups in total. The van der Waals surface area contributed by atoms with Crippen LogP contribution in [-0.4, -0.2) is 9.61 Å². The van der Waals surface area contributed by atoms with E-state index in [1.54, 1.807) is 0 Å². The molecule has 1 aliphatic rings. The Morgan fingerprint density at radius 2 is 2.44 bits per heavy atom. The van der Waals surface area contributed by atoms with Crippen LogP contribution in [-0.2, 0) is 0 Å². The molecule has 1 aliphatic carbocycles. The van der Waals surface area contributed by atoms with E-state index in [0.29, 0.717) is 5.92 Å². The Kier molecular flexibility index (Phi) is 2.05. The molecule has 4 heteroatoms. The fraction of sp³-hybridized carbons (Fsp3) is 0.333. The number of hydrogen-bond acceptors (Lipinski definition) is 2. The molecule has 0 saturated heterocycles. The molecule has 2 aromatic heterocycles. The minimum absolute atomic E-state index is 0.181. The van der Waals surface area contributed by atoms with Crippen LogP contribution in [0.5, 0.6) is 0 Å². The maximum Gasteiger partial charge on any atom is 0.0841 e. The van der Waals surface area contributed by atoms with Gasteiger partial charge in [-0.1, -0.05) is 0 Å². The first-order chi connectivity index (χ1) is 7.72. The molecule has 1 saturated carbocycles. The van der Waals surface area contributed by atoms with Gasteiger partial charge in [-0.25, -0.2) is 4.52 Å². The Labute approximate surface area is 102 Å². The van der Waals surface area contributed by atoms with Crippen molar-refractivity contribution in [2.75, 3.05) is 0 Å². The molecular weight excluding hydrogens is 266 g/mol. The fourth-order valence-corrected chi connectivity index (χ4v) is 2.65. The number of fused-ring (bicyclic) bond motifs is 1. The summed E-state index contributed by atoms with van der Waals surface area (Å²) < 4.78 is 2.96. The molecule has 2 aromatic rings. The zero-order chi connectivity index (χ0) is 11.3. The van der Waals surface area contributed by atoms with Crippen molar-refractivity contribution < 1.29 is 0 Å². The molecule has 0 spiro atoms. The first kappa shape index (κ1) is 9.86. The molecule has 0 radical (unpaired) electrons. The Morgan fingerprint density at radius 1 is 1.62 bits per heavy atom. The van der Waals surface area contributed by atoms with Crippen LogP contribution in [0.25, 0.3) is 5.52 Å². The Morgan fingerprint density at radius 3 is 3.12 bits per heavy atom. The molecule has 0 aromatic carbocycles. The van der Waals surface area contributed by atoms with Crippen LogP contribution in [0.3, 0.4) is 0 Å². The summed E-state index contributed by atoms with van der Waals surface area (Å²) in [4.78, 5) is 0. The number of nitriles is 1. The lowest BCUT2D eigenvalue weighted by molar-refractivity contribution is 0.954. The lowest BCUT2D eigenvalue weighted by Crippen LogP contribution is -1.90. The highest BCUT2D eigenvalue weighted by Gasteiger charge is 2.40. The number of hydrogen-bond donors (Lipinski definition) is 0. The van der Waals surface area contributed by atoms with E-state index in [1.807, 2.05) is 23.0 Å². The van der Waals surface area contributed by atoms with E-state index in [4.69, 9.17) is 5.26 Å². The second-order valence-corrected chi connectivity index (χ2v) is 5.08. The van der Waals surface area contributed by atoms with Crippen molar-refractivity contribution in [3.8, 4) is 6.07 Å². The van der Waals surface area contributed by atoms with Crippen molar-refractivity contribution >= 4 is 21.4 Å². The van der Waals surface area contributed by atoms with Crippen LogP contribution in [0.15, 0.2) is 22.9 Å². The third-order valence-corrected chi connectivity index (χ3v) is 4.20. The maximum absolute atomic E-state index is 8.88. The van der Waals surface area contributed by atoms with Crippen LogP contribution in [0, 0.1) is 24.2 Å². The maximum atomic E-state index is 8.88. The molecule has 80 valence electrons. The van der Waals surface area contributed by atoms with Gasteiger partial charge in [0, 0.05) is 22.2 Å². The summed E-state index contributed by atoms with van der Waals surface area (Å²) in [5.41, 5.74) is 3.51. The summed E-state index contributed by atoms with van der Waals surface area (Å²) >= 11 is 3.60. The molecule has 3 rings (SSSR count). The lowest BCUT2D eigenvalue weighted by atomic mass is 10.1. The van der Waals surface area contributed by atoms with Gasteiger partial charge in [0.05, 0.1) is 23.7 Å². The smallest absolute Gasteiger partial charge is 0.0841 e. The molecule has 3 nitrogen and oxygen atoms in total. The average Bonchev–Trinajstić information content (AvgIpc) is 2.95. The second-order valence-electron chi connectivity index (χ2n) is 4.28. The van der Waals surface area contributed by atoms with E-state index in [0.717, 1.165) is 16.4 Å². The van der Waals surface area contributed by atoms with E-state index >= 15 is 0 Å². The highest BCUT2D eigenvalue weighted by Crippen LogP contribution is 2.49. The molecule has 2 unspecified atom stereocenters. The third kappa shape index (κ3) is 1.28. The van der Waals surface area contributed by atoms with E-state index in [9.17, 15) is 0 Å². The third-order valence-electron chi connectivity index (χ3n) is 3.20. The predicted molar refractivity (Wildman–Crippen MR) is 64.1 cm³/mol. The van der Waals surface area contributed by atoms with Gasteiger partial charge in [0.25, 0.3) is 0 Å². The number of aromatic nitrogens is 2. The lowest BCUT2D eigenvalue weighted by Gasteiger charge is -2.02. The average molecular weight is 276 g/mol. The quantitative estimate of drug-likeness (QED) is 0.803. The zero-order valence-electron chi connectivity index (χ0n) is 8.81. The summed E-state index contributed by atoms with van der Waals surface area (Å²) in [5, 5.41) is 13.2. The van der Waals surface area contributed by atoms with Crippen LogP contribution in [0.1, 0.15) is 23.5 Å². The zero-order valence-corrected chi connectivity index (χ0v) is 10.4. The van der Waals surface area contributed by atoms with Crippen molar-refractivity contribution in [2.24, 2.45) is 5.92 Å². The predicted octanol–water partition coefficient (Wildman–Crippen LogP) is 3.03. The van der Waals surface area contributed by atoms with Crippen molar-refractivity contribution in [3.05, 3.63) is 34.1 Å². The SMILES string of the molecule is Cc1ccn2ncc(C3CC3C#N)c2c1Br. The van der Waals surface area contributed by atoms with Gasteiger partial charge in [0.2, 0.25) is 0 Å². The van der Waals surface area contributed by atoms with Gasteiger partial charge in [-0.15, -0.1) is 0 Å². The minimum atomic E-state index is 0.181. The molecule has 16 heavy (non-hydrogen) atoms. The Hall–Kier alpha value is -1.34. The van der Waals surface area contributed by atoms with Gasteiger partial charge in [0.15, 0.2) is 0 Å². The van der Waals surface area contributed by atoms with Crippen LogP contribution >= 0.6 is 15.9 Å². The molecule has 1 fully saturated rings. The summed E-state index contributed by atoms with van der Waals surface area (Å²) in [6, 6.07) is 4.35. The van der Waals surface area contributed by atoms with Crippen LogP contribution in [0.4, 0.5) is 0 Å². The Balaban J connectivity index is 2.20. The monoisotopic (exact) mass is 275 g/mol. The van der Waals surface area contributed by atoms with E-state index in [2.05, 4.69) is 34.0 Å². The number of pyridine rings is 1. The molecule has 0 aliphatic heterocycles. The first-order valence-electron chi connectivity index (χ1n) is 5.24. The summed E-state index contributed by atoms with van der Waals surface area (Å²) in [6.45, 7) is 2.07. The topological polar surface area (TPSA) is 41.1 Å². The molecule has 2 heterocycles. The van der Waals surface area contributed by atoms with Crippen molar-refractivity contribution in [1.29, 1.82) is 5.26 Å². The summed E-state index contributed by atoms with van der Waals surface area (Å²) in [7, 11) is 0. The van der Waals surface area contributed by atoms with E-state index in [1.165, 1.54) is 11.1 Å². The van der Waals surface area contributed by atoms with E-state index < -0.39 is 0 Å². The molecule has 0 amide bonds. The fourth-order valence-electron chi connectivity index (χ4n) is 2.11. The molecular formula is C12H10BrN3. The van der Waals surface area contributed by atoms with Gasteiger partial charge in [-0.05, 0) is 40.9 Å². The minimum Gasteiger partial charge on any atom is -0.240 e. The van der Waals surface area contributed by atoms with Crippen molar-refractivity contribution in [1.82, 2.24) is 9.61 Å². The largest absolute Gasteiger partial charge is 0.240 e. The second kappa shape index (κ2) is 3.33. The number of aryl methyl sites for hydroxylation is 1. The van der Waals surface area contributed by atoms with Crippen LogP contribution < -0.4 is 0 Å². The summed E-state index contributed by atoms with van der Waals surface area (Å²) in [5.74, 6) is 0.556. The first-order valence-corrected chi connectivity index (χ1v) is 6.03. The van der Waals surface area contributed by atoms with Crippen molar-refractivity contribution in [2.45, 2.75) is 19.3 Å². The van der Waals surface area contributed by atoms with E-state index in [-0.39, 0.29) is 5.92 Å². The standard InChI is InChI=1S/C12H10BrN3/c1-7-2-3-16-12(11(7)13)10(6-15-16)9-4-8(9)5-14/h2-3,6,8-9H,4H2,1H3. The van der Waals surface area contributed by atoms with Gasteiger partial charge in [-0.3, -0.25) is 0 Å². The number of rotatable bonds is 1. The number of nitrogens with zero attached hydrogens (tertiary/aromatic N) is 3. The van der Waals surface area contributed by atoms with Gasteiger partial charge >= 0.3 is 0 Å². The van der Waals surface area contributed by atoms with Crippen LogP contribution in [0.2, 0.25) is 0 Å².